The molecule has 0 aliphatic carbocycles. The number of amidine groups is 1. The van der Waals surface area contributed by atoms with Crippen LogP contribution in [0.15, 0.2) is 3.21 Å². The summed E-state index contributed by atoms with van der Waals surface area (Å²) >= 11 is 3.46. The second-order valence-corrected chi connectivity index (χ2v) is 3.67. The van der Waals surface area contributed by atoms with E-state index < -0.39 is 0 Å². The second-order valence-electron chi connectivity index (χ2n) is 1.59. The Morgan fingerprint density at radius 3 is 2.38 bits per heavy atom. The van der Waals surface area contributed by atoms with Gasteiger partial charge in [-0.15, -0.1) is 0 Å². The molecule has 0 aliphatic rings. The Hall–Kier alpha value is 0.550. The molecule has 0 rings (SSSR count). The highest BCUT2D eigenvalue weighted by Crippen LogP contribution is 2.09. The summed E-state index contributed by atoms with van der Waals surface area (Å²) in [4.78, 5) is 0. The van der Waals surface area contributed by atoms with Crippen LogP contribution in [-0.4, -0.2) is 10.4 Å². The van der Waals surface area contributed by atoms with Gasteiger partial charge in [-0.1, -0.05) is 25.6 Å². The third-order valence-electron chi connectivity index (χ3n) is 0.440. The van der Waals surface area contributed by atoms with Crippen molar-refractivity contribution in [3.8, 4) is 0 Å². The number of halogens is 1. The van der Waals surface area contributed by atoms with Crippen molar-refractivity contribution in [2.75, 3.05) is 0 Å². The molecule has 0 atom stereocenters. The zero-order valence-electron chi connectivity index (χ0n) is 4.89. The van der Waals surface area contributed by atoms with E-state index in [4.69, 9.17) is 5.73 Å². The largest absolute Gasteiger partial charge is 0.378 e. The predicted octanol–water partition coefficient (Wildman–Crippen LogP) is 1.79. The summed E-state index contributed by atoms with van der Waals surface area (Å²) in [5.74, 6) is 0. The molecule has 0 saturated carbocycles. The third kappa shape index (κ3) is 4.70. The summed E-state index contributed by atoms with van der Waals surface area (Å²) in [6.45, 7) is 4.17. The molecular formula is C4H9IN2S. The molecule has 0 bridgehead atoms. The number of nitrogens with two attached hydrogens (primary N) is 1. The van der Waals surface area contributed by atoms with E-state index in [1.165, 1.54) is 0 Å². The van der Waals surface area contributed by atoms with Crippen molar-refractivity contribution in [2.45, 2.75) is 19.1 Å². The first-order valence-electron chi connectivity index (χ1n) is 2.28. The van der Waals surface area contributed by atoms with Gasteiger partial charge >= 0.3 is 0 Å². The molecule has 0 saturated heterocycles. The maximum Gasteiger partial charge on any atom is 0.164 e. The molecular weight excluding hydrogens is 235 g/mol. The summed E-state index contributed by atoms with van der Waals surface area (Å²) in [6, 6.07) is 0. The second kappa shape index (κ2) is 4.43. The van der Waals surface area contributed by atoms with Crippen LogP contribution in [0.5, 0.6) is 0 Å². The number of rotatable bonds is 1. The van der Waals surface area contributed by atoms with Crippen LogP contribution in [0.2, 0.25) is 0 Å². The lowest BCUT2D eigenvalue weighted by Gasteiger charge is -1.99. The molecule has 0 aromatic rings. The van der Waals surface area contributed by atoms with Crippen LogP contribution in [0.1, 0.15) is 13.8 Å². The molecule has 2 nitrogen and oxygen atoms in total. The number of thioether (sulfide) groups is 1. The lowest BCUT2D eigenvalue weighted by Crippen LogP contribution is -2.07. The normalized spacial score (nSPS) is 12.8. The smallest absolute Gasteiger partial charge is 0.164 e. The molecule has 48 valence electrons. The van der Waals surface area contributed by atoms with Gasteiger partial charge in [-0.2, -0.15) is 3.21 Å². The summed E-state index contributed by atoms with van der Waals surface area (Å²) in [7, 11) is 0. The van der Waals surface area contributed by atoms with Gasteiger partial charge in [0.1, 0.15) is 0 Å². The molecule has 0 aromatic carbocycles. The number of hydrogen-bond donors (Lipinski definition) is 1. The molecule has 0 heterocycles. The Balaban J connectivity index is 3.39. The minimum absolute atomic E-state index is 0.536. The van der Waals surface area contributed by atoms with Gasteiger partial charge in [0.2, 0.25) is 0 Å². The lowest BCUT2D eigenvalue weighted by atomic mass is 10.6. The van der Waals surface area contributed by atoms with Crippen molar-refractivity contribution >= 4 is 39.8 Å². The highest BCUT2D eigenvalue weighted by molar-refractivity contribution is 14.1. The van der Waals surface area contributed by atoms with Crippen LogP contribution in [0, 0.1) is 0 Å². The SMILES string of the molecule is CC(C)SC(N)=NI. The van der Waals surface area contributed by atoms with Crippen LogP contribution in [0.4, 0.5) is 0 Å². The molecule has 0 unspecified atom stereocenters. The van der Waals surface area contributed by atoms with Crippen molar-refractivity contribution in [3.05, 3.63) is 0 Å². The first kappa shape index (κ1) is 8.55. The van der Waals surface area contributed by atoms with E-state index in [1.54, 1.807) is 11.8 Å². The minimum atomic E-state index is 0.536. The third-order valence-corrected chi connectivity index (χ3v) is 2.09. The van der Waals surface area contributed by atoms with Crippen molar-refractivity contribution in [1.29, 1.82) is 0 Å². The van der Waals surface area contributed by atoms with E-state index in [0.717, 1.165) is 0 Å². The van der Waals surface area contributed by atoms with Crippen molar-refractivity contribution < 1.29 is 0 Å². The Labute approximate surface area is 67.8 Å². The summed E-state index contributed by atoms with van der Waals surface area (Å²) in [5.41, 5.74) is 5.38. The average molecular weight is 244 g/mol. The highest BCUT2D eigenvalue weighted by Gasteiger charge is 1.95. The fourth-order valence-corrected chi connectivity index (χ4v) is 1.13. The minimum Gasteiger partial charge on any atom is -0.378 e. The van der Waals surface area contributed by atoms with Gasteiger partial charge in [-0.25, -0.2) is 0 Å². The lowest BCUT2D eigenvalue weighted by molar-refractivity contribution is 1.12. The van der Waals surface area contributed by atoms with Gasteiger partial charge in [-0.3, -0.25) is 0 Å². The van der Waals surface area contributed by atoms with Gasteiger partial charge < -0.3 is 5.73 Å². The van der Waals surface area contributed by atoms with Crippen LogP contribution < -0.4 is 5.73 Å². The van der Waals surface area contributed by atoms with Crippen LogP contribution in [0.3, 0.4) is 0 Å². The Morgan fingerprint density at radius 2 is 2.25 bits per heavy atom. The van der Waals surface area contributed by atoms with E-state index in [0.29, 0.717) is 10.4 Å². The Morgan fingerprint density at radius 1 is 1.75 bits per heavy atom. The maximum absolute atomic E-state index is 5.38. The standard InChI is InChI=1S/C4H9IN2S/c1-3(2)8-4(6)7-5/h3H,1-2H3,(H2,6,7). The summed E-state index contributed by atoms with van der Waals surface area (Å²) in [6.07, 6.45) is 0. The van der Waals surface area contributed by atoms with Gasteiger partial charge in [0.25, 0.3) is 0 Å². The van der Waals surface area contributed by atoms with E-state index >= 15 is 0 Å². The molecule has 0 aromatic heterocycles. The first-order chi connectivity index (χ1) is 3.66. The number of nitrogens with zero attached hydrogens (tertiary/aromatic N) is 1. The molecule has 2 N–H and O–H groups in total. The van der Waals surface area contributed by atoms with Crippen molar-refractivity contribution in [2.24, 2.45) is 8.94 Å². The molecule has 0 fully saturated rings. The molecule has 0 radical (unpaired) electrons. The molecule has 0 aliphatic heterocycles. The zero-order chi connectivity index (χ0) is 6.57. The average Bonchev–Trinajstić information content (AvgIpc) is 1.65. The quantitative estimate of drug-likeness (QED) is 0.434. The van der Waals surface area contributed by atoms with Gasteiger partial charge in [0, 0.05) is 5.25 Å². The van der Waals surface area contributed by atoms with Crippen LogP contribution in [0.25, 0.3) is 0 Å². The predicted molar refractivity (Wildman–Crippen MR) is 48.4 cm³/mol. The first-order valence-corrected chi connectivity index (χ1v) is 4.12. The van der Waals surface area contributed by atoms with Gasteiger partial charge in [0.05, 0.1) is 22.9 Å². The Kier molecular flexibility index (Phi) is 4.74. The summed E-state index contributed by atoms with van der Waals surface area (Å²) in [5, 5.41) is 1.19. The van der Waals surface area contributed by atoms with Gasteiger partial charge in [-0.05, 0) is 0 Å². The fourth-order valence-electron chi connectivity index (χ4n) is 0.261. The van der Waals surface area contributed by atoms with Gasteiger partial charge in [0.15, 0.2) is 5.17 Å². The van der Waals surface area contributed by atoms with E-state index in [-0.39, 0.29) is 0 Å². The van der Waals surface area contributed by atoms with E-state index in [9.17, 15) is 0 Å². The fraction of sp³-hybridized carbons (Fsp3) is 0.750. The van der Waals surface area contributed by atoms with E-state index in [2.05, 4.69) is 17.1 Å². The maximum atomic E-state index is 5.38. The topological polar surface area (TPSA) is 38.4 Å². The number of hydrogen-bond acceptors (Lipinski definition) is 2. The highest BCUT2D eigenvalue weighted by atomic mass is 127. The monoisotopic (exact) mass is 244 g/mol. The molecule has 8 heavy (non-hydrogen) atoms. The van der Waals surface area contributed by atoms with E-state index in [1.807, 2.05) is 22.9 Å². The molecule has 0 spiro atoms. The molecule has 0 amide bonds. The molecule has 4 heteroatoms. The Bertz CT molecular complexity index is 92.0. The summed E-state index contributed by atoms with van der Waals surface area (Å²) < 4.78 is 3.76. The van der Waals surface area contributed by atoms with Crippen molar-refractivity contribution in [1.82, 2.24) is 0 Å². The van der Waals surface area contributed by atoms with Crippen LogP contribution >= 0.6 is 34.6 Å². The zero-order valence-corrected chi connectivity index (χ0v) is 7.86. The van der Waals surface area contributed by atoms with Crippen molar-refractivity contribution in [3.63, 3.8) is 0 Å². The van der Waals surface area contributed by atoms with Crippen LogP contribution in [-0.2, 0) is 0 Å².